The Labute approximate surface area is 118 Å². The first-order chi connectivity index (χ1) is 9.21. The Kier molecular flexibility index (Phi) is 8.35. The van der Waals surface area contributed by atoms with Gasteiger partial charge in [-0.15, -0.1) is 0 Å². The average molecular weight is 257 g/mol. The van der Waals surface area contributed by atoms with Crippen LogP contribution in [0.5, 0.6) is 0 Å². The molecule has 1 rings (SSSR count). The van der Waals surface area contributed by atoms with E-state index in [1.807, 2.05) is 33.8 Å². The molecule has 1 heteroatoms. The van der Waals surface area contributed by atoms with Gasteiger partial charge in [-0.05, 0) is 26.8 Å². The Morgan fingerprint density at radius 3 is 2.00 bits per heavy atom. The molecule has 104 valence electrons. The molecule has 19 heavy (non-hydrogen) atoms. The molecule has 0 saturated carbocycles. The van der Waals surface area contributed by atoms with E-state index in [4.69, 9.17) is 0 Å². The van der Waals surface area contributed by atoms with Crippen LogP contribution in [0.1, 0.15) is 45.9 Å². The van der Waals surface area contributed by atoms with Crippen LogP contribution in [0.25, 0.3) is 24.3 Å². The maximum Gasteiger partial charge on any atom is 0.0485 e. The lowest BCUT2D eigenvalue weighted by Crippen LogP contribution is -2.28. The van der Waals surface area contributed by atoms with Crippen LogP contribution in [0.4, 0.5) is 0 Å². The van der Waals surface area contributed by atoms with E-state index >= 15 is 0 Å². The van der Waals surface area contributed by atoms with Crippen LogP contribution < -0.4 is 10.6 Å². The molecule has 1 nitrogen and oxygen atoms in total. The highest BCUT2D eigenvalue weighted by Gasteiger charge is 2.06. The van der Waals surface area contributed by atoms with Crippen molar-refractivity contribution in [3.8, 4) is 0 Å². The van der Waals surface area contributed by atoms with Crippen molar-refractivity contribution in [3.63, 3.8) is 0 Å². The minimum absolute atomic E-state index is 1.23. The summed E-state index contributed by atoms with van der Waals surface area (Å²) >= 11 is 0. The van der Waals surface area contributed by atoms with Crippen LogP contribution in [0.3, 0.4) is 0 Å². The van der Waals surface area contributed by atoms with Gasteiger partial charge < -0.3 is 4.57 Å². The third kappa shape index (κ3) is 3.85. The van der Waals surface area contributed by atoms with Gasteiger partial charge in [-0.3, -0.25) is 0 Å². The zero-order valence-corrected chi connectivity index (χ0v) is 13.2. The summed E-state index contributed by atoms with van der Waals surface area (Å²) in [5, 5.41) is 2.46. The van der Waals surface area contributed by atoms with Gasteiger partial charge in [0, 0.05) is 28.9 Å². The van der Waals surface area contributed by atoms with Crippen LogP contribution in [0, 0.1) is 0 Å². The lowest BCUT2D eigenvalue weighted by atomic mass is 10.1. The van der Waals surface area contributed by atoms with E-state index in [0.29, 0.717) is 0 Å². The molecule has 0 aromatic carbocycles. The summed E-state index contributed by atoms with van der Waals surface area (Å²) in [6, 6.07) is 0. The van der Waals surface area contributed by atoms with Crippen molar-refractivity contribution in [2.24, 2.45) is 7.05 Å². The molecule has 0 fully saturated rings. The fourth-order valence-electron chi connectivity index (χ4n) is 2.11. The predicted octanol–water partition coefficient (Wildman–Crippen LogP) is 3.88. The smallest absolute Gasteiger partial charge is 0.0485 e. The molecule has 0 saturated heterocycles. The minimum atomic E-state index is 1.23. The van der Waals surface area contributed by atoms with Gasteiger partial charge >= 0.3 is 0 Å². The molecule has 0 spiro atoms. The lowest BCUT2D eigenvalue weighted by molar-refractivity contribution is 0.875. The Bertz CT molecular complexity index is 566. The van der Waals surface area contributed by atoms with E-state index in [2.05, 4.69) is 61.6 Å². The molecular weight excluding hydrogens is 230 g/mol. The molecule has 0 unspecified atom stereocenters. The summed E-state index contributed by atoms with van der Waals surface area (Å²) in [4.78, 5) is 0. The van der Waals surface area contributed by atoms with Crippen molar-refractivity contribution in [2.45, 2.75) is 34.6 Å². The third-order valence-corrected chi connectivity index (χ3v) is 2.78. The summed E-state index contributed by atoms with van der Waals surface area (Å²) in [7, 11) is 2.10. The Morgan fingerprint density at radius 2 is 1.58 bits per heavy atom. The van der Waals surface area contributed by atoms with Gasteiger partial charge in [0.2, 0.25) is 0 Å². The lowest BCUT2D eigenvalue weighted by Gasteiger charge is -1.98. The normalized spacial score (nSPS) is 13.2. The topological polar surface area (TPSA) is 4.93 Å². The molecule has 0 aliphatic rings. The van der Waals surface area contributed by atoms with Gasteiger partial charge in [0.1, 0.15) is 0 Å². The fraction of sp³-hybridized carbons (Fsp3) is 0.333. The zero-order chi connectivity index (χ0) is 14.8. The largest absolute Gasteiger partial charge is 0.344 e. The van der Waals surface area contributed by atoms with E-state index in [-0.39, 0.29) is 0 Å². The van der Waals surface area contributed by atoms with Crippen LogP contribution in [0.15, 0.2) is 24.8 Å². The number of hydrogen-bond donors (Lipinski definition) is 0. The maximum absolute atomic E-state index is 3.80. The van der Waals surface area contributed by atoms with Gasteiger partial charge in [-0.1, -0.05) is 56.9 Å². The van der Waals surface area contributed by atoms with E-state index in [9.17, 15) is 0 Å². The highest BCUT2D eigenvalue weighted by molar-refractivity contribution is 5.66. The van der Waals surface area contributed by atoms with Crippen molar-refractivity contribution < 1.29 is 0 Å². The van der Waals surface area contributed by atoms with E-state index < -0.39 is 0 Å². The molecule has 0 amide bonds. The molecule has 1 heterocycles. The SMILES string of the molecule is C=C/C=c1/c(/C=C\C)c(/C=C\C)n(C)/c1=C/C.CC. The molecule has 0 aliphatic heterocycles. The quantitative estimate of drug-likeness (QED) is 0.774. The Balaban J connectivity index is 0.00000154. The summed E-state index contributed by atoms with van der Waals surface area (Å²) in [5.41, 5.74) is 2.48. The second-order valence-corrected chi connectivity index (χ2v) is 3.85. The first kappa shape index (κ1) is 17.2. The molecule has 0 aliphatic carbocycles. The van der Waals surface area contributed by atoms with Crippen LogP contribution >= 0.6 is 0 Å². The Hall–Kier alpha value is -1.76. The van der Waals surface area contributed by atoms with E-state index in [1.165, 1.54) is 21.8 Å². The van der Waals surface area contributed by atoms with Gasteiger partial charge in [0.05, 0.1) is 0 Å². The highest BCUT2D eigenvalue weighted by atomic mass is 14.9. The standard InChI is InChI=1S/C16H21N.C2H6/c1-6-10-13-14(11-7-2)16(12-8-3)17(5)15(13)9-4;1-2/h6-12H,1H2,2-5H3;1-2H3/b11-7-,12-8-,13-10-,15-9+;. The average Bonchev–Trinajstić information content (AvgIpc) is 2.67. The molecule has 0 bridgehead atoms. The highest BCUT2D eigenvalue weighted by Crippen LogP contribution is 2.07. The van der Waals surface area contributed by atoms with Gasteiger partial charge in [0.25, 0.3) is 0 Å². The van der Waals surface area contributed by atoms with Crippen LogP contribution in [0.2, 0.25) is 0 Å². The number of rotatable bonds is 3. The number of hydrogen-bond acceptors (Lipinski definition) is 0. The summed E-state index contributed by atoms with van der Waals surface area (Å²) < 4.78 is 2.21. The van der Waals surface area contributed by atoms with Crippen LogP contribution in [-0.4, -0.2) is 4.57 Å². The molecule has 0 radical (unpaired) electrons. The summed E-state index contributed by atoms with van der Waals surface area (Å²) in [6.07, 6.45) is 14.5. The number of nitrogens with zero attached hydrogens (tertiary/aromatic N) is 1. The van der Waals surface area contributed by atoms with Gasteiger partial charge in [-0.25, -0.2) is 0 Å². The number of allylic oxidation sites excluding steroid dienone is 3. The van der Waals surface area contributed by atoms with Crippen molar-refractivity contribution in [1.29, 1.82) is 0 Å². The fourth-order valence-corrected chi connectivity index (χ4v) is 2.11. The van der Waals surface area contributed by atoms with Gasteiger partial charge in [0.15, 0.2) is 0 Å². The van der Waals surface area contributed by atoms with Crippen LogP contribution in [-0.2, 0) is 7.05 Å². The van der Waals surface area contributed by atoms with Crippen molar-refractivity contribution in [3.05, 3.63) is 46.6 Å². The maximum atomic E-state index is 3.80. The van der Waals surface area contributed by atoms with Crippen molar-refractivity contribution in [1.82, 2.24) is 4.57 Å². The van der Waals surface area contributed by atoms with Crippen molar-refractivity contribution >= 4 is 24.3 Å². The predicted molar refractivity (Wildman–Crippen MR) is 90.2 cm³/mol. The second-order valence-electron chi connectivity index (χ2n) is 3.85. The third-order valence-electron chi connectivity index (χ3n) is 2.78. The molecule has 0 N–H and O–H groups in total. The minimum Gasteiger partial charge on any atom is -0.344 e. The first-order valence-corrected chi connectivity index (χ1v) is 6.94. The van der Waals surface area contributed by atoms with Crippen molar-refractivity contribution in [2.75, 3.05) is 0 Å². The molecule has 1 aromatic heterocycles. The summed E-state index contributed by atoms with van der Waals surface area (Å²) in [6.45, 7) is 13.9. The van der Waals surface area contributed by atoms with E-state index in [1.54, 1.807) is 0 Å². The zero-order valence-electron chi connectivity index (χ0n) is 13.2. The van der Waals surface area contributed by atoms with E-state index in [0.717, 1.165) is 0 Å². The Morgan fingerprint density at radius 1 is 1.00 bits per heavy atom. The molecule has 0 atom stereocenters. The molecule has 1 aromatic rings. The monoisotopic (exact) mass is 257 g/mol. The van der Waals surface area contributed by atoms with Gasteiger partial charge in [-0.2, -0.15) is 0 Å². The first-order valence-electron chi connectivity index (χ1n) is 6.94. The molecular formula is C18H27N. The number of aromatic nitrogens is 1. The summed E-state index contributed by atoms with van der Waals surface area (Å²) in [5.74, 6) is 0. The second kappa shape index (κ2) is 9.21.